The van der Waals surface area contributed by atoms with Crippen LogP contribution in [0.3, 0.4) is 0 Å². The van der Waals surface area contributed by atoms with Crippen LogP contribution in [0.5, 0.6) is 0 Å². The number of rotatable bonds is 2. The number of hydrogen-bond donors (Lipinski definition) is 0. The van der Waals surface area contributed by atoms with Crippen molar-refractivity contribution in [2.45, 2.75) is 44.2 Å². The van der Waals surface area contributed by atoms with Crippen molar-refractivity contribution in [2.75, 3.05) is 33.2 Å². The predicted octanol–water partition coefficient (Wildman–Crippen LogP) is 0.304. The van der Waals surface area contributed by atoms with E-state index < -0.39 is 0 Å². The summed E-state index contributed by atoms with van der Waals surface area (Å²) >= 11 is 0. The van der Waals surface area contributed by atoms with Crippen LogP contribution >= 0.6 is 0 Å². The Labute approximate surface area is 114 Å². The van der Waals surface area contributed by atoms with Gasteiger partial charge in [0.25, 0.3) is 0 Å². The normalized spacial score (nSPS) is 32.9. The summed E-state index contributed by atoms with van der Waals surface area (Å²) < 4.78 is 0. The summed E-state index contributed by atoms with van der Waals surface area (Å²) in [6.07, 6.45) is 5.45. The van der Waals surface area contributed by atoms with Crippen LogP contribution in [-0.4, -0.2) is 71.8 Å². The Hall–Kier alpha value is -1.10. The molecule has 0 saturated carbocycles. The van der Waals surface area contributed by atoms with E-state index >= 15 is 0 Å². The molecule has 0 radical (unpaired) electrons. The summed E-state index contributed by atoms with van der Waals surface area (Å²) in [5, 5.41) is 0. The molecule has 0 bridgehead atoms. The highest BCUT2D eigenvalue weighted by Gasteiger charge is 2.42. The number of nitrogens with zero attached hydrogens (tertiary/aromatic N) is 3. The van der Waals surface area contributed by atoms with Gasteiger partial charge in [-0.25, -0.2) is 0 Å². The Kier molecular flexibility index (Phi) is 3.48. The van der Waals surface area contributed by atoms with Crippen LogP contribution in [0.4, 0.5) is 0 Å². The van der Waals surface area contributed by atoms with Gasteiger partial charge in [0, 0.05) is 19.1 Å². The Bertz CT molecular complexity index is 385. The highest BCUT2D eigenvalue weighted by atomic mass is 16.2. The minimum atomic E-state index is -0.157. The van der Waals surface area contributed by atoms with Crippen molar-refractivity contribution in [3.05, 3.63) is 0 Å². The van der Waals surface area contributed by atoms with E-state index in [0.717, 1.165) is 38.9 Å². The van der Waals surface area contributed by atoms with E-state index in [1.807, 2.05) is 0 Å². The molecule has 3 aliphatic rings. The molecule has 2 amide bonds. The molecule has 19 heavy (non-hydrogen) atoms. The summed E-state index contributed by atoms with van der Waals surface area (Å²) in [7, 11) is 2.13. The first kappa shape index (κ1) is 12.9. The van der Waals surface area contributed by atoms with E-state index in [4.69, 9.17) is 0 Å². The van der Waals surface area contributed by atoms with Crippen LogP contribution in [0, 0.1) is 0 Å². The molecular weight excluding hydrogens is 242 g/mol. The molecule has 3 aliphatic heterocycles. The lowest BCUT2D eigenvalue weighted by Gasteiger charge is -2.41. The second-order valence-electron chi connectivity index (χ2n) is 6.09. The Morgan fingerprint density at radius 2 is 1.95 bits per heavy atom. The predicted molar refractivity (Wildman–Crippen MR) is 71.6 cm³/mol. The van der Waals surface area contributed by atoms with Crippen LogP contribution in [0.15, 0.2) is 0 Å². The maximum Gasteiger partial charge on any atom is 0.245 e. The van der Waals surface area contributed by atoms with Gasteiger partial charge in [-0.3, -0.25) is 9.59 Å². The molecule has 106 valence electrons. The van der Waals surface area contributed by atoms with Gasteiger partial charge in [-0.15, -0.1) is 0 Å². The van der Waals surface area contributed by atoms with Crippen molar-refractivity contribution >= 4 is 11.8 Å². The third kappa shape index (κ3) is 2.36. The van der Waals surface area contributed by atoms with E-state index in [9.17, 15) is 9.59 Å². The summed E-state index contributed by atoms with van der Waals surface area (Å²) in [6, 6.07) is 0.272. The van der Waals surface area contributed by atoms with Gasteiger partial charge in [0.15, 0.2) is 0 Å². The van der Waals surface area contributed by atoms with Gasteiger partial charge < -0.3 is 14.7 Å². The summed E-state index contributed by atoms with van der Waals surface area (Å²) in [6.45, 7) is 2.90. The zero-order chi connectivity index (χ0) is 13.4. The molecule has 2 atom stereocenters. The average Bonchev–Trinajstić information content (AvgIpc) is 2.88. The maximum atomic E-state index is 12.4. The highest BCUT2D eigenvalue weighted by Crippen LogP contribution is 2.25. The molecular formula is C14H23N3O2. The molecule has 0 N–H and O–H groups in total. The molecule has 0 aliphatic carbocycles. The van der Waals surface area contributed by atoms with Gasteiger partial charge in [-0.05, 0) is 39.3 Å². The fourth-order valence-electron chi connectivity index (χ4n) is 3.65. The number of likely N-dealkylation sites (tertiary alicyclic amines) is 1. The second kappa shape index (κ2) is 5.12. The Morgan fingerprint density at radius 3 is 2.74 bits per heavy atom. The zero-order valence-corrected chi connectivity index (χ0v) is 11.7. The SMILES string of the molecule is CN1CCCCC1CN1CC(=O)N2CCCC2C1=O. The largest absolute Gasteiger partial charge is 0.330 e. The molecule has 3 saturated heterocycles. The van der Waals surface area contributed by atoms with Gasteiger partial charge in [-0.1, -0.05) is 6.42 Å². The summed E-state index contributed by atoms with van der Waals surface area (Å²) in [4.78, 5) is 30.4. The number of hydrogen-bond acceptors (Lipinski definition) is 3. The van der Waals surface area contributed by atoms with Gasteiger partial charge in [0.05, 0.1) is 6.54 Å². The Morgan fingerprint density at radius 1 is 1.11 bits per heavy atom. The summed E-state index contributed by atoms with van der Waals surface area (Å²) in [5.74, 6) is 0.316. The lowest BCUT2D eigenvalue weighted by Crippen LogP contribution is -2.59. The van der Waals surface area contributed by atoms with Crippen molar-refractivity contribution in [1.82, 2.24) is 14.7 Å². The lowest BCUT2D eigenvalue weighted by atomic mass is 10.0. The molecule has 0 aromatic heterocycles. The first-order chi connectivity index (χ1) is 9.16. The number of likely N-dealkylation sites (N-methyl/N-ethyl adjacent to an activating group) is 1. The molecule has 3 fully saturated rings. The number of carbonyl (C=O) groups excluding carboxylic acids is 2. The van der Waals surface area contributed by atoms with Crippen molar-refractivity contribution in [3.63, 3.8) is 0 Å². The molecule has 5 nitrogen and oxygen atoms in total. The third-order valence-electron chi connectivity index (χ3n) is 4.85. The van der Waals surface area contributed by atoms with E-state index in [0.29, 0.717) is 12.6 Å². The smallest absolute Gasteiger partial charge is 0.245 e. The maximum absolute atomic E-state index is 12.4. The Balaban J connectivity index is 1.67. The van der Waals surface area contributed by atoms with Crippen molar-refractivity contribution in [2.24, 2.45) is 0 Å². The monoisotopic (exact) mass is 265 g/mol. The number of piperidine rings is 1. The molecule has 0 aromatic rings. The molecule has 3 heterocycles. The lowest BCUT2D eigenvalue weighted by molar-refractivity contribution is -0.154. The first-order valence-corrected chi connectivity index (χ1v) is 7.45. The zero-order valence-electron chi connectivity index (χ0n) is 11.7. The third-order valence-corrected chi connectivity index (χ3v) is 4.85. The van der Waals surface area contributed by atoms with Crippen LogP contribution in [0.1, 0.15) is 32.1 Å². The van der Waals surface area contributed by atoms with E-state index in [2.05, 4.69) is 11.9 Å². The van der Waals surface area contributed by atoms with E-state index in [1.54, 1.807) is 9.80 Å². The van der Waals surface area contributed by atoms with E-state index in [1.165, 1.54) is 12.8 Å². The number of amides is 2. The molecule has 0 spiro atoms. The fourth-order valence-corrected chi connectivity index (χ4v) is 3.65. The minimum absolute atomic E-state index is 0.139. The second-order valence-corrected chi connectivity index (χ2v) is 6.09. The van der Waals surface area contributed by atoms with Crippen molar-refractivity contribution in [3.8, 4) is 0 Å². The minimum Gasteiger partial charge on any atom is -0.330 e. The van der Waals surface area contributed by atoms with Crippen LogP contribution in [0.2, 0.25) is 0 Å². The molecule has 3 rings (SSSR count). The topological polar surface area (TPSA) is 43.9 Å². The van der Waals surface area contributed by atoms with Gasteiger partial charge in [0.1, 0.15) is 6.04 Å². The average molecular weight is 265 g/mol. The van der Waals surface area contributed by atoms with Crippen LogP contribution < -0.4 is 0 Å². The van der Waals surface area contributed by atoms with Crippen LogP contribution in [0.25, 0.3) is 0 Å². The number of fused-ring (bicyclic) bond motifs is 1. The molecule has 2 unspecified atom stereocenters. The first-order valence-electron chi connectivity index (χ1n) is 7.45. The van der Waals surface area contributed by atoms with Gasteiger partial charge in [-0.2, -0.15) is 0 Å². The highest BCUT2D eigenvalue weighted by molar-refractivity contribution is 5.95. The van der Waals surface area contributed by atoms with Crippen LogP contribution in [-0.2, 0) is 9.59 Å². The molecule has 5 heteroatoms. The molecule has 0 aromatic carbocycles. The standard InChI is InChI=1S/C14H23N3O2/c1-15-7-3-2-5-11(15)9-16-10-13(18)17-8-4-6-12(17)14(16)19/h11-12H,2-10H2,1H3. The van der Waals surface area contributed by atoms with Gasteiger partial charge >= 0.3 is 0 Å². The number of carbonyl (C=O) groups is 2. The number of piperazine rings is 1. The quantitative estimate of drug-likeness (QED) is 0.721. The van der Waals surface area contributed by atoms with E-state index in [-0.39, 0.29) is 17.9 Å². The summed E-state index contributed by atoms with van der Waals surface area (Å²) in [5.41, 5.74) is 0. The van der Waals surface area contributed by atoms with Gasteiger partial charge in [0.2, 0.25) is 11.8 Å². The fraction of sp³-hybridized carbons (Fsp3) is 0.857. The van der Waals surface area contributed by atoms with Crippen molar-refractivity contribution < 1.29 is 9.59 Å². The van der Waals surface area contributed by atoms with Crippen molar-refractivity contribution in [1.29, 1.82) is 0 Å².